The van der Waals surface area contributed by atoms with E-state index in [0.717, 1.165) is 24.6 Å². The first kappa shape index (κ1) is 22.3. The second kappa shape index (κ2) is 11.1. The van der Waals surface area contributed by atoms with Gasteiger partial charge in [0.15, 0.2) is 6.61 Å². The number of amides is 2. The number of aromatic nitrogens is 2. The molecule has 0 saturated carbocycles. The molecular weight excluding hydrogens is 399 g/mol. The van der Waals surface area contributed by atoms with Crippen LogP contribution in [0.5, 0.6) is 5.75 Å². The first-order valence-electron chi connectivity index (χ1n) is 9.03. The summed E-state index contributed by atoms with van der Waals surface area (Å²) in [7, 11) is 0. The molecule has 9 heteroatoms. The van der Waals surface area contributed by atoms with Crippen molar-refractivity contribution in [1.82, 2.24) is 20.6 Å². The van der Waals surface area contributed by atoms with E-state index in [1.807, 2.05) is 6.92 Å². The Balaban J connectivity index is 1.68. The summed E-state index contributed by atoms with van der Waals surface area (Å²) < 4.78 is 18.5. The molecule has 0 aliphatic heterocycles. The molecule has 0 fully saturated rings. The van der Waals surface area contributed by atoms with E-state index in [2.05, 4.69) is 27.2 Å². The second-order valence-electron chi connectivity index (χ2n) is 6.17. The number of nitrogens with one attached hydrogen (secondary N) is 2. The van der Waals surface area contributed by atoms with Gasteiger partial charge in [-0.2, -0.15) is 0 Å². The Kier molecular flexibility index (Phi) is 8.54. The number of carbonyl (C=O) groups is 2. The average Bonchev–Trinajstić information content (AvgIpc) is 2.69. The molecule has 1 aromatic carbocycles. The van der Waals surface area contributed by atoms with Gasteiger partial charge in [0.05, 0.1) is 16.9 Å². The van der Waals surface area contributed by atoms with E-state index in [9.17, 15) is 14.0 Å². The van der Waals surface area contributed by atoms with Gasteiger partial charge in [0.2, 0.25) is 0 Å². The van der Waals surface area contributed by atoms with E-state index in [0.29, 0.717) is 12.1 Å². The highest BCUT2D eigenvalue weighted by Gasteiger charge is 2.10. The van der Waals surface area contributed by atoms with E-state index in [1.54, 1.807) is 6.20 Å². The smallest absolute Gasteiger partial charge is 0.275 e. The van der Waals surface area contributed by atoms with Crippen molar-refractivity contribution in [1.29, 1.82) is 0 Å². The molecular formula is C20H22ClFN4O3. The van der Waals surface area contributed by atoms with Gasteiger partial charge in [-0.15, -0.1) is 0 Å². The van der Waals surface area contributed by atoms with Gasteiger partial charge < -0.3 is 15.4 Å². The van der Waals surface area contributed by atoms with Crippen LogP contribution in [0.4, 0.5) is 4.39 Å². The number of nitrogens with zero attached hydrogens (tertiary/aromatic N) is 2. The van der Waals surface area contributed by atoms with Crippen LogP contribution in [0.3, 0.4) is 0 Å². The first-order valence-corrected chi connectivity index (χ1v) is 9.41. The summed E-state index contributed by atoms with van der Waals surface area (Å²) in [5.41, 5.74) is 1.45. The predicted octanol–water partition coefficient (Wildman–Crippen LogP) is 3.05. The van der Waals surface area contributed by atoms with E-state index in [4.69, 9.17) is 16.3 Å². The van der Waals surface area contributed by atoms with E-state index in [-0.39, 0.29) is 29.6 Å². The van der Waals surface area contributed by atoms with Crippen molar-refractivity contribution in [2.45, 2.75) is 26.2 Å². The summed E-state index contributed by atoms with van der Waals surface area (Å²) >= 11 is 5.58. The van der Waals surface area contributed by atoms with Crippen LogP contribution in [-0.4, -0.2) is 34.9 Å². The monoisotopic (exact) mass is 420 g/mol. The maximum absolute atomic E-state index is 13.3. The molecule has 29 heavy (non-hydrogen) atoms. The molecule has 1 aromatic heterocycles. The molecule has 2 rings (SSSR count). The summed E-state index contributed by atoms with van der Waals surface area (Å²) in [6, 6.07) is 3.91. The lowest BCUT2D eigenvalue weighted by Crippen LogP contribution is -2.31. The van der Waals surface area contributed by atoms with Gasteiger partial charge in [-0.3, -0.25) is 14.6 Å². The minimum Gasteiger partial charge on any atom is -0.484 e. The Bertz CT molecular complexity index is 875. The molecule has 0 saturated heterocycles. The molecule has 154 valence electrons. The lowest BCUT2D eigenvalue weighted by molar-refractivity contribution is -0.123. The molecule has 0 radical (unpaired) electrons. The highest BCUT2D eigenvalue weighted by atomic mass is 35.5. The molecule has 0 bridgehead atoms. The van der Waals surface area contributed by atoms with Crippen molar-refractivity contribution >= 4 is 23.4 Å². The second-order valence-corrected chi connectivity index (χ2v) is 6.57. The molecule has 2 amide bonds. The zero-order chi connectivity index (χ0) is 21.2. The third-order valence-electron chi connectivity index (χ3n) is 3.74. The van der Waals surface area contributed by atoms with Gasteiger partial charge in [0, 0.05) is 30.9 Å². The van der Waals surface area contributed by atoms with Crippen LogP contribution < -0.4 is 15.4 Å². The van der Waals surface area contributed by atoms with Crippen LogP contribution in [0, 0.1) is 5.82 Å². The zero-order valence-corrected chi connectivity index (χ0v) is 16.8. The molecule has 0 atom stereocenters. The summed E-state index contributed by atoms with van der Waals surface area (Å²) in [6.07, 6.45) is 5.08. The van der Waals surface area contributed by atoms with Crippen LogP contribution in [0.15, 0.2) is 42.9 Å². The zero-order valence-electron chi connectivity index (χ0n) is 16.0. The predicted molar refractivity (Wildman–Crippen MR) is 107 cm³/mol. The number of aryl methyl sites for hydroxylation is 1. The molecule has 1 heterocycles. The highest BCUT2D eigenvalue weighted by molar-refractivity contribution is 6.30. The summed E-state index contributed by atoms with van der Waals surface area (Å²) in [5.74, 6) is -1.23. The fraction of sp³-hybridized carbons (Fsp3) is 0.300. The Labute approximate surface area is 173 Å². The number of benzene rings is 1. The first-order chi connectivity index (χ1) is 13.9. The number of ether oxygens (including phenoxy) is 1. The average molecular weight is 421 g/mol. The minimum absolute atomic E-state index is 0.0229. The van der Waals surface area contributed by atoms with Gasteiger partial charge in [0.1, 0.15) is 17.3 Å². The number of hydrogen-bond acceptors (Lipinski definition) is 5. The van der Waals surface area contributed by atoms with Gasteiger partial charge in [-0.05, 0) is 18.6 Å². The third-order valence-corrected chi connectivity index (χ3v) is 4.05. The van der Waals surface area contributed by atoms with Crippen molar-refractivity contribution in [3.63, 3.8) is 0 Å². The third kappa shape index (κ3) is 7.50. The fourth-order valence-corrected chi connectivity index (χ4v) is 2.38. The lowest BCUT2D eigenvalue weighted by Gasteiger charge is -2.10. The van der Waals surface area contributed by atoms with Gasteiger partial charge in [-0.25, -0.2) is 9.37 Å². The number of rotatable bonds is 10. The number of halogens is 2. The fourth-order valence-electron chi connectivity index (χ4n) is 2.26. The van der Waals surface area contributed by atoms with Crippen LogP contribution in [-0.2, 0) is 11.2 Å². The minimum atomic E-state index is -0.624. The topological polar surface area (TPSA) is 93.2 Å². The summed E-state index contributed by atoms with van der Waals surface area (Å²) in [5, 5.41) is 5.22. The largest absolute Gasteiger partial charge is 0.484 e. The highest BCUT2D eigenvalue weighted by Crippen LogP contribution is 2.20. The Morgan fingerprint density at radius 1 is 1.28 bits per heavy atom. The number of carbonyl (C=O) groups excluding carboxylic acids is 2. The molecule has 0 aliphatic carbocycles. The van der Waals surface area contributed by atoms with Crippen LogP contribution in [0.1, 0.15) is 35.9 Å². The molecule has 2 N–H and O–H groups in total. The Hall–Kier alpha value is -3.00. The van der Waals surface area contributed by atoms with Crippen molar-refractivity contribution in [3.8, 4) is 5.75 Å². The molecule has 2 aromatic rings. The summed E-state index contributed by atoms with van der Waals surface area (Å²) in [6.45, 7) is 5.76. The lowest BCUT2D eigenvalue weighted by atomic mass is 10.2. The van der Waals surface area contributed by atoms with Crippen LogP contribution in [0.25, 0.3) is 0 Å². The van der Waals surface area contributed by atoms with E-state index < -0.39 is 17.6 Å². The molecule has 0 spiro atoms. The maximum Gasteiger partial charge on any atom is 0.275 e. The molecule has 0 aliphatic rings. The number of hydrogen-bond donors (Lipinski definition) is 2. The van der Waals surface area contributed by atoms with Crippen molar-refractivity contribution in [2.75, 3.05) is 13.2 Å². The normalized spacial score (nSPS) is 10.3. The van der Waals surface area contributed by atoms with Gasteiger partial charge in [-0.1, -0.05) is 31.5 Å². The summed E-state index contributed by atoms with van der Waals surface area (Å²) in [4.78, 5) is 32.2. The standard InChI is InChI=1S/C20H22ClFN4O3/c1-3-4-14-10-25-18(11-24-14)20(28)26-13(2)7-8-23-19(27)12-29-15-5-6-16(21)17(22)9-15/h5-6,9-11H,2-4,7-8,12H2,1H3,(H,23,27)(H,26,28). The van der Waals surface area contributed by atoms with Crippen LogP contribution in [0.2, 0.25) is 5.02 Å². The van der Waals surface area contributed by atoms with Crippen molar-refractivity contribution in [2.24, 2.45) is 0 Å². The van der Waals surface area contributed by atoms with Crippen molar-refractivity contribution < 1.29 is 18.7 Å². The van der Waals surface area contributed by atoms with Crippen molar-refractivity contribution in [3.05, 3.63) is 65.1 Å². The van der Waals surface area contributed by atoms with E-state index in [1.165, 1.54) is 18.3 Å². The SMILES string of the molecule is C=C(CCNC(=O)COc1ccc(Cl)c(F)c1)NC(=O)c1cnc(CCC)cn1. The van der Waals surface area contributed by atoms with Gasteiger partial charge in [0.25, 0.3) is 11.8 Å². The van der Waals surface area contributed by atoms with Gasteiger partial charge >= 0.3 is 0 Å². The van der Waals surface area contributed by atoms with Crippen LogP contribution >= 0.6 is 11.6 Å². The quantitative estimate of drug-likeness (QED) is 0.616. The molecule has 7 nitrogen and oxygen atoms in total. The maximum atomic E-state index is 13.3. The van der Waals surface area contributed by atoms with E-state index >= 15 is 0 Å². The Morgan fingerprint density at radius 3 is 2.72 bits per heavy atom. The molecule has 0 unspecified atom stereocenters. The Morgan fingerprint density at radius 2 is 2.07 bits per heavy atom.